The first-order chi connectivity index (χ1) is 7.98. The molecule has 2 rings (SSSR count). The van der Waals surface area contributed by atoms with Crippen LogP contribution in [0.25, 0.3) is 0 Å². The van der Waals surface area contributed by atoms with Crippen LogP contribution in [0.2, 0.25) is 0 Å². The zero-order valence-corrected chi connectivity index (χ0v) is 11.5. The molecule has 0 spiro atoms. The second kappa shape index (κ2) is 6.01. The van der Waals surface area contributed by atoms with Gasteiger partial charge >= 0.3 is 0 Å². The van der Waals surface area contributed by atoms with Crippen molar-refractivity contribution in [3.8, 4) is 0 Å². The van der Waals surface area contributed by atoms with E-state index < -0.39 is 15.3 Å². The van der Waals surface area contributed by atoms with Crippen molar-refractivity contribution in [3.63, 3.8) is 0 Å². The molecule has 2 heterocycles. The highest BCUT2D eigenvalue weighted by Gasteiger charge is 2.31. The van der Waals surface area contributed by atoms with Crippen LogP contribution in [0.15, 0.2) is 12.2 Å². The summed E-state index contributed by atoms with van der Waals surface area (Å²) >= 11 is 0. The predicted molar refractivity (Wildman–Crippen MR) is 70.9 cm³/mol. The summed E-state index contributed by atoms with van der Waals surface area (Å²) in [5.41, 5.74) is 0. The van der Waals surface area contributed by atoms with Gasteiger partial charge in [0.1, 0.15) is 6.04 Å². The van der Waals surface area contributed by atoms with E-state index in [1.165, 1.54) is 0 Å². The molecule has 1 fully saturated rings. The first kappa shape index (κ1) is 15.4. The van der Waals surface area contributed by atoms with Gasteiger partial charge in [0, 0.05) is 19.6 Å². The molecule has 2 aliphatic heterocycles. The fourth-order valence-electron chi connectivity index (χ4n) is 2.24. The number of hydrogen-bond donors (Lipinski definition) is 2. The summed E-state index contributed by atoms with van der Waals surface area (Å²) in [6.07, 6.45) is 4.62. The van der Waals surface area contributed by atoms with Crippen molar-refractivity contribution in [2.24, 2.45) is 5.14 Å². The van der Waals surface area contributed by atoms with Gasteiger partial charge in [0.05, 0.1) is 5.25 Å². The lowest BCUT2D eigenvalue weighted by atomic mass is 10.1. The van der Waals surface area contributed by atoms with Crippen LogP contribution in [0.1, 0.15) is 12.8 Å². The number of amides is 1. The minimum Gasteiger partial charge on any atom is -0.341 e. The Kier molecular flexibility index (Phi) is 5.15. The molecule has 2 aliphatic rings. The Morgan fingerprint density at radius 2 is 1.94 bits per heavy atom. The van der Waals surface area contributed by atoms with E-state index in [1.807, 2.05) is 12.2 Å². The molecule has 1 unspecified atom stereocenters. The highest BCUT2D eigenvalue weighted by Crippen LogP contribution is 2.17. The van der Waals surface area contributed by atoms with Crippen molar-refractivity contribution in [1.29, 1.82) is 0 Å². The Labute approximate surface area is 113 Å². The van der Waals surface area contributed by atoms with Crippen LogP contribution in [-0.4, -0.2) is 50.2 Å². The molecule has 3 N–H and O–H groups in total. The van der Waals surface area contributed by atoms with Gasteiger partial charge in [-0.3, -0.25) is 10.1 Å². The third-order valence-corrected chi connectivity index (χ3v) is 4.67. The summed E-state index contributed by atoms with van der Waals surface area (Å²) in [7, 11) is -3.46. The number of likely N-dealkylation sites (tertiary alicyclic amines) is 1. The maximum atomic E-state index is 12.0. The van der Waals surface area contributed by atoms with Crippen molar-refractivity contribution in [1.82, 2.24) is 10.2 Å². The highest BCUT2D eigenvalue weighted by molar-refractivity contribution is 7.89. The first-order valence-corrected chi connectivity index (χ1v) is 7.30. The average Bonchev–Trinajstić information content (AvgIpc) is 2.80. The first-order valence-electron chi connectivity index (χ1n) is 5.69. The van der Waals surface area contributed by atoms with Crippen molar-refractivity contribution < 1.29 is 13.2 Å². The van der Waals surface area contributed by atoms with Crippen LogP contribution in [0.5, 0.6) is 0 Å². The molecular formula is C10H18ClN3O3S. The van der Waals surface area contributed by atoms with Gasteiger partial charge in [0.25, 0.3) is 0 Å². The fraction of sp³-hybridized carbons (Fsp3) is 0.700. The van der Waals surface area contributed by atoms with E-state index in [1.54, 1.807) is 4.90 Å². The summed E-state index contributed by atoms with van der Waals surface area (Å²) < 4.78 is 22.3. The largest absolute Gasteiger partial charge is 0.341 e. The van der Waals surface area contributed by atoms with Crippen molar-refractivity contribution in [3.05, 3.63) is 12.2 Å². The molecular weight excluding hydrogens is 278 g/mol. The summed E-state index contributed by atoms with van der Waals surface area (Å²) in [6, 6.07) is -0.249. The minimum absolute atomic E-state index is 0. The van der Waals surface area contributed by atoms with Gasteiger partial charge in [-0.2, -0.15) is 0 Å². The Balaban J connectivity index is 0.00000162. The molecule has 0 aliphatic carbocycles. The average molecular weight is 296 g/mol. The third-order valence-electron chi connectivity index (χ3n) is 3.27. The van der Waals surface area contributed by atoms with Crippen LogP contribution in [0.4, 0.5) is 0 Å². The van der Waals surface area contributed by atoms with Crippen molar-refractivity contribution >= 4 is 28.3 Å². The van der Waals surface area contributed by atoms with Gasteiger partial charge in [0.2, 0.25) is 15.9 Å². The summed E-state index contributed by atoms with van der Waals surface area (Å²) in [5, 5.41) is 7.65. The van der Waals surface area contributed by atoms with E-state index in [0.717, 1.165) is 0 Å². The Hall–Kier alpha value is -0.630. The number of halogens is 1. The molecule has 0 radical (unpaired) electrons. The number of nitrogens with one attached hydrogen (secondary N) is 1. The van der Waals surface area contributed by atoms with Crippen LogP contribution in [0, 0.1) is 0 Å². The number of primary sulfonamides is 1. The molecule has 0 aromatic rings. The van der Waals surface area contributed by atoms with E-state index >= 15 is 0 Å². The monoisotopic (exact) mass is 295 g/mol. The zero-order valence-electron chi connectivity index (χ0n) is 9.91. The minimum atomic E-state index is -3.46. The lowest BCUT2D eigenvalue weighted by molar-refractivity contribution is -0.132. The number of nitrogens with zero attached hydrogens (tertiary/aromatic N) is 1. The molecule has 1 amide bonds. The smallest absolute Gasteiger partial charge is 0.243 e. The summed E-state index contributed by atoms with van der Waals surface area (Å²) in [6.45, 7) is 1.64. The molecule has 18 heavy (non-hydrogen) atoms. The molecule has 0 saturated carbocycles. The fourth-order valence-corrected chi connectivity index (χ4v) is 3.11. The molecule has 0 bridgehead atoms. The summed E-state index contributed by atoms with van der Waals surface area (Å²) in [5.74, 6) is 0.0200. The zero-order chi connectivity index (χ0) is 12.5. The van der Waals surface area contributed by atoms with E-state index in [4.69, 9.17) is 5.14 Å². The molecule has 6 nitrogen and oxygen atoms in total. The number of nitrogens with two attached hydrogens (primary N) is 1. The predicted octanol–water partition coefficient (Wildman–Crippen LogP) is -0.784. The lowest BCUT2D eigenvalue weighted by Crippen LogP contribution is -2.49. The van der Waals surface area contributed by atoms with E-state index in [0.29, 0.717) is 32.5 Å². The highest BCUT2D eigenvalue weighted by atomic mass is 35.5. The second-order valence-electron chi connectivity index (χ2n) is 4.43. The van der Waals surface area contributed by atoms with Crippen LogP contribution >= 0.6 is 12.4 Å². The van der Waals surface area contributed by atoms with Gasteiger partial charge in [0.15, 0.2) is 0 Å². The van der Waals surface area contributed by atoms with E-state index in [9.17, 15) is 13.2 Å². The van der Waals surface area contributed by atoms with Crippen molar-refractivity contribution in [2.45, 2.75) is 24.1 Å². The molecule has 0 aromatic heterocycles. The topological polar surface area (TPSA) is 92.5 Å². The molecule has 8 heteroatoms. The van der Waals surface area contributed by atoms with Crippen LogP contribution in [0.3, 0.4) is 0 Å². The van der Waals surface area contributed by atoms with E-state index in [-0.39, 0.29) is 24.4 Å². The molecule has 1 atom stereocenters. The number of hydrogen-bond acceptors (Lipinski definition) is 4. The van der Waals surface area contributed by atoms with Gasteiger partial charge in [-0.25, -0.2) is 13.6 Å². The SMILES string of the molecule is Cl.NS(=O)(=O)C1CCN(C(=O)C2C=CCN2)CC1. The Morgan fingerprint density at radius 1 is 1.33 bits per heavy atom. The molecule has 104 valence electrons. The quantitative estimate of drug-likeness (QED) is 0.654. The summed E-state index contributed by atoms with van der Waals surface area (Å²) in [4.78, 5) is 13.7. The van der Waals surface area contributed by atoms with Crippen LogP contribution in [-0.2, 0) is 14.8 Å². The number of carbonyl (C=O) groups is 1. The van der Waals surface area contributed by atoms with E-state index in [2.05, 4.69) is 5.32 Å². The molecule has 0 aromatic carbocycles. The Bertz CT molecular complexity index is 430. The van der Waals surface area contributed by atoms with Gasteiger partial charge in [-0.1, -0.05) is 12.2 Å². The van der Waals surface area contributed by atoms with Crippen LogP contribution < -0.4 is 10.5 Å². The van der Waals surface area contributed by atoms with Gasteiger partial charge in [-0.15, -0.1) is 12.4 Å². The second-order valence-corrected chi connectivity index (χ2v) is 6.27. The van der Waals surface area contributed by atoms with Gasteiger partial charge in [-0.05, 0) is 12.8 Å². The number of rotatable bonds is 2. The standard InChI is InChI=1S/C10H17N3O3S.ClH/c11-17(15,16)8-3-6-13(7-4-8)10(14)9-2-1-5-12-9;/h1-2,8-9,12H,3-7H2,(H2,11,15,16);1H. The van der Waals surface area contributed by atoms with Crippen molar-refractivity contribution in [2.75, 3.05) is 19.6 Å². The van der Waals surface area contributed by atoms with Gasteiger partial charge < -0.3 is 4.90 Å². The number of piperidine rings is 1. The lowest BCUT2D eigenvalue weighted by Gasteiger charge is -2.32. The number of sulfonamides is 1. The maximum absolute atomic E-state index is 12.0. The maximum Gasteiger partial charge on any atom is 0.243 e. The Morgan fingerprint density at radius 3 is 2.39 bits per heavy atom. The number of carbonyl (C=O) groups excluding carboxylic acids is 1. The third kappa shape index (κ3) is 3.44. The normalized spacial score (nSPS) is 24.9. The molecule has 1 saturated heterocycles.